The number of fused-ring (bicyclic) bond motifs is 1. The molecule has 3 fully saturated rings. The lowest BCUT2D eigenvalue weighted by atomic mass is 9.85. The van der Waals surface area contributed by atoms with E-state index in [0.29, 0.717) is 70.1 Å². The molecule has 64 heavy (non-hydrogen) atoms. The molecular weight excluding hydrogens is 877 g/mol. The van der Waals surface area contributed by atoms with Crippen LogP contribution in [0, 0.1) is 18.2 Å². The molecule has 4 aromatic rings. The molecule has 0 radical (unpaired) electrons. The lowest BCUT2D eigenvalue weighted by molar-refractivity contribution is -0.142. The molecule has 2 aromatic heterocycles. The highest BCUT2D eigenvalue weighted by Gasteiger charge is 2.51. The zero-order valence-corrected chi connectivity index (χ0v) is 38.2. The summed E-state index contributed by atoms with van der Waals surface area (Å²) in [5, 5.41) is 8.19. The summed E-state index contributed by atoms with van der Waals surface area (Å²) in [4.78, 5) is 54.7. The number of methoxy groups -OCH3 is 1. The van der Waals surface area contributed by atoms with Crippen LogP contribution in [0.2, 0.25) is 0 Å². The Balaban J connectivity index is 1.27. The highest BCUT2D eigenvalue weighted by Crippen LogP contribution is 2.40. The van der Waals surface area contributed by atoms with Gasteiger partial charge in [0.2, 0.25) is 21.8 Å². The molecule has 4 atom stereocenters. The number of aryl methyl sites for hydroxylation is 1. The molecule has 3 amide bonds. The average molecular weight is 929 g/mol. The number of nitrogens with zero attached hydrogens (tertiary/aromatic N) is 3. The average Bonchev–Trinajstić information content (AvgIpc) is 3.63. The number of carbonyl (C=O) groups is 3. The minimum absolute atomic E-state index is 0.0480. The maximum absolute atomic E-state index is 15.0. The Morgan fingerprint density at radius 3 is 2.36 bits per heavy atom. The van der Waals surface area contributed by atoms with Crippen molar-refractivity contribution < 1.29 is 49.8 Å². The quantitative estimate of drug-likeness (QED) is 0.0882. The molecule has 3 heterocycles. The van der Waals surface area contributed by atoms with E-state index < -0.39 is 79.7 Å². The van der Waals surface area contributed by atoms with Gasteiger partial charge in [-0.15, -0.1) is 11.3 Å². The van der Waals surface area contributed by atoms with Gasteiger partial charge in [0.15, 0.2) is 0 Å². The van der Waals surface area contributed by atoms with E-state index in [-0.39, 0.29) is 37.4 Å². The van der Waals surface area contributed by atoms with Gasteiger partial charge >= 0.3 is 6.18 Å². The van der Waals surface area contributed by atoms with Crippen molar-refractivity contribution in [3.63, 3.8) is 0 Å². The van der Waals surface area contributed by atoms with Gasteiger partial charge in [0, 0.05) is 40.9 Å². The lowest BCUT2D eigenvalue weighted by Gasteiger charge is -2.37. The van der Waals surface area contributed by atoms with Gasteiger partial charge in [-0.05, 0) is 74.3 Å². The lowest BCUT2D eigenvalue weighted by Crippen LogP contribution is -2.62. The van der Waals surface area contributed by atoms with E-state index in [2.05, 4.69) is 21.9 Å². The third-order valence-electron chi connectivity index (χ3n) is 12.0. The normalized spacial score (nSPS) is 21.0. The fourth-order valence-corrected chi connectivity index (χ4v) is 10.5. The van der Waals surface area contributed by atoms with Crippen LogP contribution in [0.5, 0.6) is 11.5 Å². The Morgan fingerprint density at radius 2 is 1.77 bits per heavy atom. The van der Waals surface area contributed by atoms with E-state index in [4.69, 9.17) is 19.4 Å². The topological polar surface area (TPSA) is 169 Å². The van der Waals surface area contributed by atoms with Crippen molar-refractivity contribution in [3.8, 4) is 22.2 Å². The van der Waals surface area contributed by atoms with E-state index in [1.807, 2.05) is 26.2 Å². The van der Waals surface area contributed by atoms with Crippen molar-refractivity contribution in [1.82, 2.24) is 24.9 Å². The van der Waals surface area contributed by atoms with Crippen LogP contribution in [0.4, 0.5) is 23.2 Å². The number of ether oxygens (including phenoxy) is 2. The molecule has 19 heteroatoms. The summed E-state index contributed by atoms with van der Waals surface area (Å²) >= 11 is 1.42. The van der Waals surface area contributed by atoms with Gasteiger partial charge in [0.1, 0.15) is 51.7 Å². The number of rotatable bonds is 13. The fourth-order valence-electron chi connectivity index (χ4n) is 8.20. The first-order valence-electron chi connectivity index (χ1n) is 21.0. The third-order valence-corrected chi connectivity index (χ3v) is 14.7. The number of carbonyl (C=O) groups excluding carboxylic acids is 3. The van der Waals surface area contributed by atoms with Crippen molar-refractivity contribution in [3.05, 3.63) is 76.6 Å². The first-order chi connectivity index (χ1) is 29.9. The predicted molar refractivity (Wildman–Crippen MR) is 235 cm³/mol. The van der Waals surface area contributed by atoms with Crippen LogP contribution in [0.1, 0.15) is 95.9 Å². The zero-order valence-electron chi connectivity index (χ0n) is 36.6. The summed E-state index contributed by atoms with van der Waals surface area (Å²) in [6, 6.07) is 5.06. The minimum Gasteiger partial charge on any atom is -0.496 e. The molecule has 2 aliphatic carbocycles. The second-order valence-corrected chi connectivity index (χ2v) is 21.1. The van der Waals surface area contributed by atoms with Crippen molar-refractivity contribution in [2.24, 2.45) is 5.41 Å². The number of sulfonamides is 1. The van der Waals surface area contributed by atoms with Crippen molar-refractivity contribution in [2.75, 3.05) is 19.0 Å². The van der Waals surface area contributed by atoms with E-state index in [1.54, 1.807) is 46.1 Å². The number of aromatic nitrogens is 2. The second kappa shape index (κ2) is 17.2. The van der Waals surface area contributed by atoms with Gasteiger partial charge < -0.3 is 25.0 Å². The van der Waals surface area contributed by atoms with Crippen LogP contribution in [-0.4, -0.2) is 83.6 Å². The minimum atomic E-state index is -5.02. The van der Waals surface area contributed by atoms with E-state index in [9.17, 15) is 40.4 Å². The molecule has 2 aromatic carbocycles. The third kappa shape index (κ3) is 9.55. The first kappa shape index (κ1) is 46.7. The molecule has 0 spiro atoms. The molecule has 3 aliphatic rings. The molecule has 0 bridgehead atoms. The SMILES string of the molecule is C=C1CC[C@](NC(=O)[C@@H]2C[C@@H](Oc3cc(-c4nc(C(C)C)cs4)nc4c(C)c(OC)ccc34)CN2C(=O)[C@@H](Nc2ccc(F)c(C(F)(F)F)c2)C(C)(C)C)(C(=O)NS(=O)(=O)C2CC2)C1. The highest BCUT2D eigenvalue weighted by atomic mass is 32.2. The first-order valence-corrected chi connectivity index (χ1v) is 23.4. The summed E-state index contributed by atoms with van der Waals surface area (Å²) in [5.74, 6) is -2.74. The maximum Gasteiger partial charge on any atom is 0.419 e. The summed E-state index contributed by atoms with van der Waals surface area (Å²) < 4.78 is 96.2. The van der Waals surface area contributed by atoms with Crippen LogP contribution < -0.4 is 24.8 Å². The molecule has 1 saturated heterocycles. The molecular formula is C45H52F4N6O7S2. The van der Waals surface area contributed by atoms with E-state index >= 15 is 0 Å². The molecule has 1 aliphatic heterocycles. The Kier molecular flexibility index (Phi) is 12.6. The number of hydrogen-bond acceptors (Lipinski definition) is 11. The largest absolute Gasteiger partial charge is 0.496 e. The van der Waals surface area contributed by atoms with Gasteiger partial charge in [-0.3, -0.25) is 19.1 Å². The summed E-state index contributed by atoms with van der Waals surface area (Å²) in [6.45, 7) is 14.8. The van der Waals surface area contributed by atoms with Crippen LogP contribution in [-0.2, 0) is 30.6 Å². The number of pyridine rings is 1. The second-order valence-electron chi connectivity index (χ2n) is 18.3. The number of alkyl halides is 3. The monoisotopic (exact) mass is 928 g/mol. The van der Waals surface area contributed by atoms with Crippen LogP contribution in [0.15, 0.2) is 53.9 Å². The van der Waals surface area contributed by atoms with Crippen molar-refractivity contribution in [1.29, 1.82) is 0 Å². The fraction of sp³-hybridized carbons (Fsp3) is 0.489. The van der Waals surface area contributed by atoms with Crippen LogP contribution in [0.25, 0.3) is 21.6 Å². The molecule has 7 rings (SSSR count). The Hall–Kier alpha value is -5.30. The zero-order chi connectivity index (χ0) is 46.7. The van der Waals surface area contributed by atoms with Crippen molar-refractivity contribution in [2.45, 2.75) is 121 Å². The number of amides is 3. The number of benzene rings is 2. The number of thiazole rings is 1. The van der Waals surface area contributed by atoms with Gasteiger partial charge in [-0.2, -0.15) is 13.2 Å². The number of nitrogens with one attached hydrogen (secondary N) is 3. The Bertz CT molecular complexity index is 2630. The Labute approximate surface area is 373 Å². The predicted octanol–water partition coefficient (Wildman–Crippen LogP) is 8.04. The van der Waals surface area contributed by atoms with Crippen LogP contribution in [0.3, 0.4) is 0 Å². The molecule has 0 unspecified atom stereocenters. The standard InChI is InChI=1S/C45H52F4N6O7S2/c1-23(2)33-22-63-40(52-33)32-19-36(29-12-14-35(61-8)25(4)37(29)51-32)62-27-18-34(39(56)53-44(16-15-24(3)20-44)42(58)54-64(59,60)28-10-11-28)55(21-27)41(57)38(43(5,6)7)50-26-9-13-31(46)30(17-26)45(47,48)49/h9,12-14,17,19,22-23,27-28,34,38,50H,3,10-11,15-16,18,20-21H2,1-2,4-8H3,(H,53,56)(H,54,58)/t27-,34+,38-,44-/m1/s1. The number of hydrogen-bond donors (Lipinski definition) is 3. The summed E-state index contributed by atoms with van der Waals surface area (Å²) in [5.41, 5.74) is -1.11. The number of halogens is 4. The molecule has 3 N–H and O–H groups in total. The molecule has 344 valence electrons. The van der Waals surface area contributed by atoms with Gasteiger partial charge in [-0.1, -0.05) is 46.8 Å². The molecule has 2 saturated carbocycles. The Morgan fingerprint density at radius 1 is 1.05 bits per heavy atom. The highest BCUT2D eigenvalue weighted by molar-refractivity contribution is 7.91. The van der Waals surface area contributed by atoms with E-state index in [0.717, 1.165) is 17.3 Å². The number of likely N-dealkylation sites (tertiary alicyclic amines) is 1. The van der Waals surface area contributed by atoms with Crippen LogP contribution >= 0.6 is 11.3 Å². The van der Waals surface area contributed by atoms with Gasteiger partial charge in [0.05, 0.1) is 35.7 Å². The van der Waals surface area contributed by atoms with Gasteiger partial charge in [-0.25, -0.2) is 22.8 Å². The maximum atomic E-state index is 15.0. The van der Waals surface area contributed by atoms with Crippen molar-refractivity contribution >= 4 is 55.7 Å². The van der Waals surface area contributed by atoms with Gasteiger partial charge in [0.25, 0.3) is 5.91 Å². The molecule has 13 nitrogen and oxygen atoms in total. The van der Waals surface area contributed by atoms with E-state index in [1.165, 1.54) is 16.2 Å². The smallest absolute Gasteiger partial charge is 0.419 e. The summed E-state index contributed by atoms with van der Waals surface area (Å²) in [6.07, 6.45) is -4.87. The number of anilines is 1. The summed E-state index contributed by atoms with van der Waals surface area (Å²) in [7, 11) is -2.46.